The van der Waals surface area contributed by atoms with Crippen LogP contribution in [0.3, 0.4) is 0 Å². The summed E-state index contributed by atoms with van der Waals surface area (Å²) in [5, 5.41) is 11.3. The van der Waals surface area contributed by atoms with Crippen molar-refractivity contribution < 1.29 is 37.1 Å². The van der Waals surface area contributed by atoms with Gasteiger partial charge in [0.2, 0.25) is 27.6 Å². The number of hydrogen-bond acceptors (Lipinski definition) is 8. The molecule has 15 heteroatoms. The third-order valence-electron chi connectivity index (χ3n) is 10.3. The van der Waals surface area contributed by atoms with Gasteiger partial charge >= 0.3 is 6.03 Å². The van der Waals surface area contributed by atoms with E-state index in [0.717, 1.165) is 38.5 Å². The largest absolute Gasteiger partial charge is 0.376 e. The zero-order valence-electron chi connectivity index (χ0n) is 31.4. The van der Waals surface area contributed by atoms with Gasteiger partial charge in [-0.05, 0) is 63.2 Å². The molecule has 0 aromatic carbocycles. The van der Waals surface area contributed by atoms with Crippen molar-refractivity contribution in [3.8, 4) is 0 Å². The van der Waals surface area contributed by atoms with E-state index in [1.54, 1.807) is 13.8 Å². The SMILES string of the molecule is CCS(=O)(=O)N(C)C[C@@H](NC(=O)N[C@@H]1C(=O)N2CC[C@H](C(C)C)[C@H]2C(=O)N[C@H](C(=O)C(=O)NC2CC2)CCCCCCCO[C@H]1C)C(C)(C)C. The van der Waals surface area contributed by atoms with E-state index in [-0.39, 0.29) is 36.7 Å². The molecular weight excluding hydrogens is 664 g/mol. The van der Waals surface area contributed by atoms with Crippen molar-refractivity contribution in [1.29, 1.82) is 0 Å². The molecule has 14 nitrogen and oxygen atoms in total. The molecule has 286 valence electrons. The monoisotopic (exact) mass is 726 g/mol. The average Bonchev–Trinajstić information content (AvgIpc) is 3.74. The van der Waals surface area contributed by atoms with Crippen LogP contribution in [0.15, 0.2) is 0 Å². The Labute approximate surface area is 299 Å². The van der Waals surface area contributed by atoms with Gasteiger partial charge in [0.1, 0.15) is 12.1 Å². The Balaban J connectivity index is 1.90. The molecule has 6 atom stereocenters. The van der Waals surface area contributed by atoms with Crippen molar-refractivity contribution in [2.75, 3.05) is 32.5 Å². The number of fused-ring (bicyclic) bond motifs is 1. The third kappa shape index (κ3) is 11.6. The normalized spacial score (nSPS) is 27.0. The molecule has 0 aromatic rings. The van der Waals surface area contributed by atoms with Crippen LogP contribution in [0.4, 0.5) is 4.79 Å². The van der Waals surface area contributed by atoms with E-state index in [4.69, 9.17) is 4.74 Å². The number of nitrogens with one attached hydrogen (secondary N) is 4. The summed E-state index contributed by atoms with van der Waals surface area (Å²) >= 11 is 0. The van der Waals surface area contributed by atoms with Crippen molar-refractivity contribution in [1.82, 2.24) is 30.5 Å². The molecule has 0 unspecified atom stereocenters. The predicted octanol–water partition coefficient (Wildman–Crippen LogP) is 2.32. The fourth-order valence-corrected chi connectivity index (χ4v) is 7.46. The number of nitrogens with zero attached hydrogens (tertiary/aromatic N) is 2. The minimum absolute atomic E-state index is 0.00332. The molecule has 2 heterocycles. The number of urea groups is 1. The topological polar surface area (TPSA) is 183 Å². The van der Waals surface area contributed by atoms with Gasteiger partial charge in [-0.1, -0.05) is 60.3 Å². The maximum Gasteiger partial charge on any atom is 0.315 e. The average molecular weight is 727 g/mol. The van der Waals surface area contributed by atoms with Crippen LogP contribution in [0.1, 0.15) is 106 Å². The molecule has 1 saturated carbocycles. The van der Waals surface area contributed by atoms with Crippen molar-refractivity contribution in [3.05, 3.63) is 0 Å². The molecule has 50 heavy (non-hydrogen) atoms. The maximum absolute atomic E-state index is 14.5. The maximum atomic E-state index is 14.5. The first-order valence-electron chi connectivity index (χ1n) is 18.5. The van der Waals surface area contributed by atoms with Crippen LogP contribution in [0, 0.1) is 17.3 Å². The van der Waals surface area contributed by atoms with Gasteiger partial charge in [0, 0.05) is 38.8 Å². The van der Waals surface area contributed by atoms with E-state index in [2.05, 4.69) is 21.3 Å². The lowest BCUT2D eigenvalue weighted by Gasteiger charge is -2.36. The van der Waals surface area contributed by atoms with Crippen LogP contribution in [0.2, 0.25) is 0 Å². The molecule has 5 amide bonds. The molecule has 0 radical (unpaired) electrons. The van der Waals surface area contributed by atoms with E-state index in [1.807, 2.05) is 34.6 Å². The Hall–Kier alpha value is -2.78. The van der Waals surface area contributed by atoms with E-state index in [1.165, 1.54) is 16.3 Å². The summed E-state index contributed by atoms with van der Waals surface area (Å²) in [5.41, 5.74) is -0.534. The van der Waals surface area contributed by atoms with Crippen LogP contribution < -0.4 is 21.3 Å². The van der Waals surface area contributed by atoms with Crippen LogP contribution in [-0.2, 0) is 33.9 Å². The van der Waals surface area contributed by atoms with E-state index in [9.17, 15) is 32.4 Å². The van der Waals surface area contributed by atoms with Gasteiger partial charge in [-0.25, -0.2) is 17.5 Å². The van der Waals surface area contributed by atoms with Crippen molar-refractivity contribution in [3.63, 3.8) is 0 Å². The Morgan fingerprint density at radius 2 is 1.64 bits per heavy atom. The molecule has 1 aliphatic carbocycles. The highest BCUT2D eigenvalue weighted by Crippen LogP contribution is 2.32. The smallest absolute Gasteiger partial charge is 0.315 e. The van der Waals surface area contributed by atoms with E-state index in [0.29, 0.717) is 25.9 Å². The number of amides is 5. The minimum Gasteiger partial charge on any atom is -0.376 e. The minimum atomic E-state index is -3.51. The van der Waals surface area contributed by atoms with Crippen molar-refractivity contribution >= 4 is 39.6 Å². The second-order valence-electron chi connectivity index (χ2n) is 15.7. The highest BCUT2D eigenvalue weighted by molar-refractivity contribution is 7.89. The van der Waals surface area contributed by atoms with Crippen molar-refractivity contribution in [2.24, 2.45) is 17.3 Å². The van der Waals surface area contributed by atoms with E-state index < -0.39 is 75.2 Å². The quantitative estimate of drug-likeness (QED) is 0.247. The molecular formula is C35H62N6O8S. The standard InChI is InChI=1S/C35H62N6O8S/c1-9-50(47,48)40(8)21-27(35(5,6)7)38-34(46)39-28-23(4)49-20-14-12-10-11-13-15-26(30(42)32(44)36-24-16-17-24)37-31(43)29-25(22(2)3)18-19-41(29)33(28)45/h22-29H,9-21H2,1-8H3,(H,36,44)(H,37,43)(H2,38,39,46)/t23-,25+,26-,27+,28-,29-/m0/s1. The summed E-state index contributed by atoms with van der Waals surface area (Å²) in [4.78, 5) is 69.8. The summed E-state index contributed by atoms with van der Waals surface area (Å²) in [6.07, 6.45) is 5.68. The van der Waals surface area contributed by atoms with Crippen LogP contribution >= 0.6 is 0 Å². The molecule has 2 aliphatic heterocycles. The first kappa shape index (κ1) is 41.6. The molecule has 3 rings (SSSR count). The van der Waals surface area contributed by atoms with Gasteiger partial charge < -0.3 is 30.9 Å². The van der Waals surface area contributed by atoms with Crippen LogP contribution in [-0.4, -0.2) is 116 Å². The number of rotatable bonds is 10. The first-order chi connectivity index (χ1) is 23.4. The Bertz CT molecular complexity index is 1310. The van der Waals surface area contributed by atoms with Crippen LogP contribution in [0.25, 0.3) is 0 Å². The molecule has 0 aromatic heterocycles. The second-order valence-corrected chi connectivity index (χ2v) is 18.0. The van der Waals surface area contributed by atoms with Crippen LogP contribution in [0.5, 0.6) is 0 Å². The summed E-state index contributed by atoms with van der Waals surface area (Å²) in [6.45, 7) is 13.6. The highest BCUT2D eigenvalue weighted by atomic mass is 32.2. The van der Waals surface area contributed by atoms with Gasteiger partial charge in [0.25, 0.3) is 5.91 Å². The zero-order chi connectivity index (χ0) is 37.4. The number of sulfonamides is 1. The van der Waals surface area contributed by atoms with Gasteiger partial charge in [0.05, 0.1) is 17.9 Å². The fourth-order valence-electron chi connectivity index (χ4n) is 6.64. The number of hydrogen-bond donors (Lipinski definition) is 4. The number of likely N-dealkylation sites (N-methyl/N-ethyl adjacent to an activating group) is 1. The van der Waals surface area contributed by atoms with Gasteiger partial charge in [-0.2, -0.15) is 0 Å². The molecule has 0 bridgehead atoms. The third-order valence-corrected chi connectivity index (χ3v) is 12.1. The van der Waals surface area contributed by atoms with Crippen molar-refractivity contribution in [2.45, 2.75) is 143 Å². The highest BCUT2D eigenvalue weighted by Gasteiger charge is 2.47. The Morgan fingerprint density at radius 3 is 2.24 bits per heavy atom. The molecule has 4 N–H and O–H groups in total. The number of carbonyl (C=O) groups is 5. The lowest BCUT2D eigenvalue weighted by Crippen LogP contribution is -2.62. The Morgan fingerprint density at radius 1 is 1.00 bits per heavy atom. The number of ether oxygens (including phenoxy) is 1. The fraction of sp³-hybridized carbons (Fsp3) is 0.857. The number of Topliss-reactive ketones (excluding diaryl/α,β-unsaturated/α-hetero) is 1. The molecule has 0 spiro atoms. The summed E-state index contributed by atoms with van der Waals surface area (Å²) in [7, 11) is -2.04. The summed E-state index contributed by atoms with van der Waals surface area (Å²) < 4.78 is 32.4. The number of ketones is 1. The molecule has 3 aliphatic rings. The zero-order valence-corrected chi connectivity index (χ0v) is 32.2. The van der Waals surface area contributed by atoms with Gasteiger partial charge in [-0.3, -0.25) is 19.2 Å². The predicted molar refractivity (Wildman–Crippen MR) is 190 cm³/mol. The Kier molecular flexibility index (Phi) is 15.1. The first-order valence-corrected chi connectivity index (χ1v) is 20.1. The summed E-state index contributed by atoms with van der Waals surface area (Å²) in [5.74, 6) is -2.63. The van der Waals surface area contributed by atoms with Gasteiger partial charge in [-0.15, -0.1) is 0 Å². The number of carbonyl (C=O) groups excluding carboxylic acids is 5. The van der Waals surface area contributed by atoms with E-state index >= 15 is 0 Å². The molecule has 2 saturated heterocycles. The lowest BCUT2D eigenvalue weighted by molar-refractivity contribution is -0.145. The van der Waals surface area contributed by atoms with Gasteiger partial charge in [0.15, 0.2) is 0 Å². The lowest BCUT2D eigenvalue weighted by atomic mass is 9.86. The second kappa shape index (κ2) is 18.1. The molecule has 3 fully saturated rings. The summed E-state index contributed by atoms with van der Waals surface area (Å²) in [6, 6.07) is -4.37.